The fraction of sp³-hybridized carbons (Fsp3) is 0.955. The summed E-state index contributed by atoms with van der Waals surface area (Å²) in [5.74, 6) is -0.832. The maximum atomic E-state index is 12.9. The SMILES string of the molecule is CCCCCCCCCCCCCCCCCCCCCCCCCCCC(=O)OCC(COC(=O)CCCCCCCCCC)OC(=O)CCCCCCCCCCCCCCCCCCCCCCCC. The van der Waals surface area contributed by atoms with Gasteiger partial charge in [-0.1, -0.05) is 355 Å². The van der Waals surface area contributed by atoms with E-state index in [9.17, 15) is 14.4 Å². The van der Waals surface area contributed by atoms with Crippen molar-refractivity contribution in [3.63, 3.8) is 0 Å². The van der Waals surface area contributed by atoms with E-state index in [2.05, 4.69) is 20.8 Å². The van der Waals surface area contributed by atoms with Crippen LogP contribution in [0.15, 0.2) is 0 Å². The number of hydrogen-bond acceptors (Lipinski definition) is 6. The first-order valence-corrected chi connectivity index (χ1v) is 33.5. The Balaban J connectivity index is 4.06. The van der Waals surface area contributed by atoms with Crippen molar-refractivity contribution in [1.29, 1.82) is 0 Å². The third kappa shape index (κ3) is 61.1. The fourth-order valence-corrected chi connectivity index (χ4v) is 10.6. The zero-order valence-corrected chi connectivity index (χ0v) is 50.0. The van der Waals surface area contributed by atoms with E-state index in [4.69, 9.17) is 14.2 Å². The highest BCUT2D eigenvalue weighted by Crippen LogP contribution is 2.19. The molecule has 0 heterocycles. The van der Waals surface area contributed by atoms with E-state index in [-0.39, 0.29) is 31.1 Å². The van der Waals surface area contributed by atoms with Gasteiger partial charge in [-0.15, -0.1) is 0 Å². The van der Waals surface area contributed by atoms with Gasteiger partial charge in [0.1, 0.15) is 13.2 Å². The topological polar surface area (TPSA) is 78.9 Å². The Labute approximate surface area is 457 Å². The summed E-state index contributed by atoms with van der Waals surface area (Å²) in [5, 5.41) is 0. The van der Waals surface area contributed by atoms with Crippen LogP contribution in [-0.2, 0) is 28.6 Å². The van der Waals surface area contributed by atoms with E-state index < -0.39 is 6.10 Å². The number of rotatable bonds is 63. The first-order chi connectivity index (χ1) is 36.0. The molecule has 0 bridgehead atoms. The monoisotopic (exact) mass is 1030 g/mol. The van der Waals surface area contributed by atoms with E-state index >= 15 is 0 Å². The van der Waals surface area contributed by atoms with Crippen LogP contribution in [0.2, 0.25) is 0 Å². The summed E-state index contributed by atoms with van der Waals surface area (Å²) in [6.45, 7) is 6.70. The summed E-state index contributed by atoms with van der Waals surface area (Å²) in [4.78, 5) is 38.2. The summed E-state index contributed by atoms with van der Waals surface area (Å²) in [5.41, 5.74) is 0. The lowest BCUT2D eigenvalue weighted by Crippen LogP contribution is -2.30. The van der Waals surface area contributed by atoms with Crippen LogP contribution in [0, 0.1) is 0 Å². The van der Waals surface area contributed by atoms with Gasteiger partial charge in [-0.3, -0.25) is 14.4 Å². The Morgan fingerprint density at radius 1 is 0.219 bits per heavy atom. The van der Waals surface area contributed by atoms with E-state index in [0.717, 1.165) is 57.8 Å². The standard InChI is InChI=1S/C67H130O6/c1-4-7-10-13-16-19-21-23-25-27-29-31-33-34-35-37-38-40-42-44-46-48-51-54-57-60-66(69)72-63-64(62-71-65(68)59-56-53-50-18-15-12-9-6-3)73-67(70)61-58-55-52-49-47-45-43-41-39-36-32-30-28-26-24-22-20-17-14-11-8-5-2/h64H,4-63H2,1-3H3. The first kappa shape index (κ1) is 71.4. The van der Waals surface area contributed by atoms with E-state index in [1.165, 1.54) is 295 Å². The average molecular weight is 1030 g/mol. The number of ether oxygens (including phenoxy) is 3. The summed E-state index contributed by atoms with van der Waals surface area (Å²) in [7, 11) is 0. The Morgan fingerprint density at radius 3 is 0.548 bits per heavy atom. The molecule has 0 rings (SSSR count). The number of esters is 3. The number of hydrogen-bond donors (Lipinski definition) is 0. The van der Waals surface area contributed by atoms with Crippen LogP contribution in [0.4, 0.5) is 0 Å². The molecule has 0 aliphatic heterocycles. The summed E-state index contributed by atoms with van der Waals surface area (Å²) < 4.78 is 16.9. The van der Waals surface area contributed by atoms with Crippen molar-refractivity contribution in [3.8, 4) is 0 Å². The van der Waals surface area contributed by atoms with E-state index in [0.29, 0.717) is 19.3 Å². The highest BCUT2D eigenvalue weighted by atomic mass is 16.6. The predicted molar refractivity (Wildman–Crippen MR) is 317 cm³/mol. The predicted octanol–water partition coefficient (Wildman–Crippen LogP) is 22.7. The van der Waals surface area contributed by atoms with Crippen LogP contribution in [0.1, 0.15) is 393 Å². The second kappa shape index (κ2) is 62.9. The van der Waals surface area contributed by atoms with Gasteiger partial charge in [-0.05, 0) is 19.3 Å². The Hall–Kier alpha value is -1.59. The second-order valence-corrected chi connectivity index (χ2v) is 23.1. The van der Waals surface area contributed by atoms with Crippen LogP contribution in [0.3, 0.4) is 0 Å². The van der Waals surface area contributed by atoms with Crippen LogP contribution in [0.5, 0.6) is 0 Å². The quantitative estimate of drug-likeness (QED) is 0.0343. The van der Waals surface area contributed by atoms with Crippen molar-refractivity contribution in [1.82, 2.24) is 0 Å². The van der Waals surface area contributed by atoms with E-state index in [1.54, 1.807) is 0 Å². The molecule has 434 valence electrons. The lowest BCUT2D eigenvalue weighted by atomic mass is 10.0. The van der Waals surface area contributed by atoms with Crippen LogP contribution < -0.4 is 0 Å². The Morgan fingerprint density at radius 2 is 0.370 bits per heavy atom. The molecule has 0 saturated carbocycles. The minimum absolute atomic E-state index is 0.0611. The van der Waals surface area contributed by atoms with Gasteiger partial charge in [-0.2, -0.15) is 0 Å². The van der Waals surface area contributed by atoms with Crippen molar-refractivity contribution in [2.75, 3.05) is 13.2 Å². The van der Waals surface area contributed by atoms with Crippen molar-refractivity contribution < 1.29 is 28.6 Å². The van der Waals surface area contributed by atoms with Gasteiger partial charge in [0.2, 0.25) is 0 Å². The van der Waals surface area contributed by atoms with E-state index in [1.807, 2.05) is 0 Å². The molecule has 0 aromatic heterocycles. The molecular weight excluding hydrogens is 901 g/mol. The molecule has 0 aliphatic rings. The van der Waals surface area contributed by atoms with Crippen LogP contribution >= 0.6 is 0 Å². The van der Waals surface area contributed by atoms with Crippen LogP contribution in [0.25, 0.3) is 0 Å². The van der Waals surface area contributed by atoms with Gasteiger partial charge in [0.15, 0.2) is 6.10 Å². The number of unbranched alkanes of at least 4 members (excludes halogenated alkanes) is 52. The molecule has 0 aromatic rings. The molecule has 1 unspecified atom stereocenters. The lowest BCUT2D eigenvalue weighted by molar-refractivity contribution is -0.167. The summed E-state index contributed by atoms with van der Waals surface area (Å²) in [6, 6.07) is 0. The molecule has 73 heavy (non-hydrogen) atoms. The average Bonchev–Trinajstić information content (AvgIpc) is 3.39. The number of carbonyl (C=O) groups excluding carboxylic acids is 3. The molecule has 0 amide bonds. The molecule has 0 fully saturated rings. The fourth-order valence-electron chi connectivity index (χ4n) is 10.6. The molecule has 0 radical (unpaired) electrons. The molecule has 6 heteroatoms. The molecule has 0 aromatic carbocycles. The van der Waals surface area contributed by atoms with Crippen molar-refractivity contribution in [3.05, 3.63) is 0 Å². The minimum Gasteiger partial charge on any atom is -0.462 e. The Bertz CT molecular complexity index is 1090. The van der Waals surface area contributed by atoms with Gasteiger partial charge in [0, 0.05) is 19.3 Å². The molecule has 0 N–H and O–H groups in total. The Kier molecular flexibility index (Phi) is 61.6. The molecule has 1 atom stereocenters. The molecule has 6 nitrogen and oxygen atoms in total. The van der Waals surface area contributed by atoms with Crippen molar-refractivity contribution in [2.24, 2.45) is 0 Å². The maximum absolute atomic E-state index is 12.9. The lowest BCUT2D eigenvalue weighted by Gasteiger charge is -2.18. The number of carbonyl (C=O) groups is 3. The maximum Gasteiger partial charge on any atom is 0.306 e. The minimum atomic E-state index is -0.761. The zero-order chi connectivity index (χ0) is 52.9. The third-order valence-corrected chi connectivity index (χ3v) is 15.6. The van der Waals surface area contributed by atoms with Gasteiger partial charge >= 0.3 is 17.9 Å². The second-order valence-electron chi connectivity index (χ2n) is 23.1. The third-order valence-electron chi connectivity index (χ3n) is 15.6. The van der Waals surface area contributed by atoms with Gasteiger partial charge in [0.05, 0.1) is 0 Å². The van der Waals surface area contributed by atoms with Crippen molar-refractivity contribution >= 4 is 17.9 Å². The van der Waals surface area contributed by atoms with Gasteiger partial charge < -0.3 is 14.2 Å². The highest BCUT2D eigenvalue weighted by molar-refractivity contribution is 5.71. The first-order valence-electron chi connectivity index (χ1n) is 33.5. The van der Waals surface area contributed by atoms with Gasteiger partial charge in [-0.25, -0.2) is 0 Å². The zero-order valence-electron chi connectivity index (χ0n) is 50.0. The van der Waals surface area contributed by atoms with Crippen molar-refractivity contribution in [2.45, 2.75) is 399 Å². The van der Waals surface area contributed by atoms with Crippen LogP contribution in [-0.4, -0.2) is 37.2 Å². The highest BCUT2D eigenvalue weighted by Gasteiger charge is 2.19. The molecule has 0 spiro atoms. The molecule has 0 aliphatic carbocycles. The summed E-state index contributed by atoms with van der Waals surface area (Å²) >= 11 is 0. The molecule has 0 saturated heterocycles. The smallest absolute Gasteiger partial charge is 0.306 e. The summed E-state index contributed by atoms with van der Waals surface area (Å²) in [6.07, 6.45) is 72.9. The normalized spacial score (nSPS) is 11.9. The van der Waals surface area contributed by atoms with Gasteiger partial charge in [0.25, 0.3) is 0 Å². The molecular formula is C67H130O6. The largest absolute Gasteiger partial charge is 0.462 e.